The molecule has 2 aromatic carbocycles. The van der Waals surface area contributed by atoms with Crippen LogP contribution in [-0.2, 0) is 6.42 Å². The summed E-state index contributed by atoms with van der Waals surface area (Å²) >= 11 is 11.9. The molecule has 3 rings (SSSR count). The van der Waals surface area contributed by atoms with Gasteiger partial charge in [0, 0.05) is 6.54 Å². The average molecular weight is 367 g/mol. The van der Waals surface area contributed by atoms with Crippen molar-refractivity contribution in [2.24, 2.45) is 0 Å². The van der Waals surface area contributed by atoms with Gasteiger partial charge in [-0.05, 0) is 36.2 Å². The molecular formula is C17H16Cl2N2O3. The number of urea groups is 1. The topological polar surface area (TPSA) is 59.6 Å². The number of fused-ring (bicyclic) bond motifs is 1. The Hall–Kier alpha value is -2.11. The van der Waals surface area contributed by atoms with Gasteiger partial charge in [-0.1, -0.05) is 35.3 Å². The average Bonchev–Trinajstić information content (AvgIpc) is 2.59. The van der Waals surface area contributed by atoms with Crippen molar-refractivity contribution < 1.29 is 14.3 Å². The number of carbonyl (C=O) groups excluding carboxylic acids is 1. The van der Waals surface area contributed by atoms with Gasteiger partial charge in [0.1, 0.15) is 13.2 Å². The fourth-order valence-electron chi connectivity index (χ4n) is 2.33. The lowest BCUT2D eigenvalue weighted by Gasteiger charge is -2.18. The number of hydrogen-bond donors (Lipinski definition) is 2. The highest BCUT2D eigenvalue weighted by Gasteiger charge is 2.12. The lowest BCUT2D eigenvalue weighted by Crippen LogP contribution is -2.30. The summed E-state index contributed by atoms with van der Waals surface area (Å²) in [6.07, 6.45) is 0.674. The summed E-state index contributed by atoms with van der Waals surface area (Å²) in [5.74, 6) is 1.50. The third-order valence-corrected chi connectivity index (χ3v) is 4.32. The zero-order valence-electron chi connectivity index (χ0n) is 12.8. The van der Waals surface area contributed by atoms with E-state index in [9.17, 15) is 4.79 Å². The molecule has 2 N–H and O–H groups in total. The monoisotopic (exact) mass is 366 g/mol. The second-order valence-corrected chi connectivity index (χ2v) is 6.00. The van der Waals surface area contributed by atoms with E-state index in [-0.39, 0.29) is 6.03 Å². The third-order valence-electron chi connectivity index (χ3n) is 3.51. The highest BCUT2D eigenvalue weighted by molar-refractivity contribution is 6.43. The Morgan fingerprint density at radius 3 is 2.71 bits per heavy atom. The highest BCUT2D eigenvalue weighted by atomic mass is 35.5. The van der Waals surface area contributed by atoms with Crippen LogP contribution in [0.5, 0.6) is 11.5 Å². The number of ether oxygens (including phenoxy) is 2. The first-order chi connectivity index (χ1) is 11.6. The van der Waals surface area contributed by atoms with Gasteiger partial charge in [-0.15, -0.1) is 0 Å². The Morgan fingerprint density at radius 1 is 1.08 bits per heavy atom. The smallest absolute Gasteiger partial charge is 0.319 e. The number of halogens is 2. The van der Waals surface area contributed by atoms with E-state index in [1.54, 1.807) is 18.2 Å². The van der Waals surface area contributed by atoms with Crippen LogP contribution in [0.4, 0.5) is 10.5 Å². The van der Waals surface area contributed by atoms with Crippen LogP contribution in [0, 0.1) is 0 Å². The van der Waals surface area contributed by atoms with Crippen LogP contribution < -0.4 is 20.1 Å². The molecule has 0 saturated carbocycles. The van der Waals surface area contributed by atoms with Gasteiger partial charge in [-0.3, -0.25) is 0 Å². The number of carbonyl (C=O) groups is 1. The molecule has 0 atom stereocenters. The second-order valence-electron chi connectivity index (χ2n) is 5.21. The predicted molar refractivity (Wildman–Crippen MR) is 94.6 cm³/mol. The van der Waals surface area contributed by atoms with Gasteiger partial charge in [0.2, 0.25) is 0 Å². The summed E-state index contributed by atoms with van der Waals surface area (Å²) in [7, 11) is 0. The van der Waals surface area contributed by atoms with E-state index in [1.807, 2.05) is 18.2 Å². The first kappa shape index (κ1) is 16.7. The van der Waals surface area contributed by atoms with E-state index >= 15 is 0 Å². The van der Waals surface area contributed by atoms with Gasteiger partial charge >= 0.3 is 6.03 Å². The van der Waals surface area contributed by atoms with Gasteiger partial charge in [0.05, 0.1) is 15.7 Å². The first-order valence-electron chi connectivity index (χ1n) is 7.51. The van der Waals surface area contributed by atoms with Crippen LogP contribution in [0.3, 0.4) is 0 Å². The maximum absolute atomic E-state index is 11.9. The Morgan fingerprint density at radius 2 is 1.88 bits per heavy atom. The Labute approximate surface area is 149 Å². The zero-order valence-corrected chi connectivity index (χ0v) is 14.3. The minimum atomic E-state index is -0.336. The summed E-state index contributed by atoms with van der Waals surface area (Å²) in [6, 6.07) is 10.5. The number of nitrogens with one attached hydrogen (secondary N) is 2. The van der Waals surface area contributed by atoms with E-state index in [4.69, 9.17) is 32.7 Å². The van der Waals surface area contributed by atoms with Crippen LogP contribution in [0.1, 0.15) is 5.56 Å². The van der Waals surface area contributed by atoms with Crippen LogP contribution in [0.15, 0.2) is 36.4 Å². The largest absolute Gasteiger partial charge is 0.486 e. The van der Waals surface area contributed by atoms with Crippen LogP contribution in [0.25, 0.3) is 0 Å². The molecule has 1 aliphatic rings. The lowest BCUT2D eigenvalue weighted by molar-refractivity contribution is 0.171. The summed E-state index contributed by atoms with van der Waals surface area (Å²) < 4.78 is 11.0. The number of rotatable bonds is 4. The molecule has 5 nitrogen and oxygen atoms in total. The molecule has 126 valence electrons. The Balaban J connectivity index is 1.51. The van der Waals surface area contributed by atoms with Crippen molar-refractivity contribution in [2.75, 3.05) is 25.1 Å². The molecule has 0 aromatic heterocycles. The Bertz CT molecular complexity index is 753. The number of anilines is 1. The molecular weight excluding hydrogens is 351 g/mol. The van der Waals surface area contributed by atoms with Crippen molar-refractivity contribution in [3.8, 4) is 11.5 Å². The third kappa shape index (κ3) is 4.04. The normalized spacial score (nSPS) is 12.6. The van der Waals surface area contributed by atoms with E-state index < -0.39 is 0 Å². The number of amides is 2. The molecule has 7 heteroatoms. The molecule has 0 spiro atoms. The molecule has 1 aliphatic heterocycles. The van der Waals surface area contributed by atoms with Crippen LogP contribution >= 0.6 is 23.2 Å². The van der Waals surface area contributed by atoms with E-state index in [2.05, 4.69) is 10.6 Å². The van der Waals surface area contributed by atoms with Crippen molar-refractivity contribution in [1.29, 1.82) is 0 Å². The van der Waals surface area contributed by atoms with Gasteiger partial charge in [0.15, 0.2) is 11.5 Å². The van der Waals surface area contributed by atoms with Crippen molar-refractivity contribution in [2.45, 2.75) is 6.42 Å². The van der Waals surface area contributed by atoms with E-state index in [0.717, 1.165) is 17.1 Å². The molecule has 0 saturated heterocycles. The molecule has 0 bridgehead atoms. The molecule has 2 aromatic rings. The standard InChI is InChI=1S/C17H16Cl2N2O3/c18-12-2-1-3-13(16(12)19)21-17(22)20-7-6-11-4-5-14-15(10-11)24-9-8-23-14/h1-5,10H,6-9H2,(H2,20,21,22). The number of hydrogen-bond acceptors (Lipinski definition) is 3. The van der Waals surface area contributed by atoms with Crippen molar-refractivity contribution >= 4 is 34.9 Å². The summed E-state index contributed by atoms with van der Waals surface area (Å²) in [6.45, 7) is 1.60. The van der Waals surface area contributed by atoms with Crippen LogP contribution in [-0.4, -0.2) is 25.8 Å². The quantitative estimate of drug-likeness (QED) is 0.854. The van der Waals surface area contributed by atoms with E-state index in [0.29, 0.717) is 41.9 Å². The first-order valence-corrected chi connectivity index (χ1v) is 8.26. The van der Waals surface area contributed by atoms with Crippen molar-refractivity contribution in [1.82, 2.24) is 5.32 Å². The number of benzene rings is 2. The Kier molecular flexibility index (Phi) is 5.33. The second kappa shape index (κ2) is 7.64. The fraction of sp³-hybridized carbons (Fsp3) is 0.235. The molecule has 0 fully saturated rings. The highest BCUT2D eigenvalue weighted by Crippen LogP contribution is 2.31. The summed E-state index contributed by atoms with van der Waals surface area (Å²) in [4.78, 5) is 11.9. The van der Waals surface area contributed by atoms with Crippen molar-refractivity contribution in [3.05, 3.63) is 52.0 Å². The van der Waals surface area contributed by atoms with Gasteiger partial charge in [-0.2, -0.15) is 0 Å². The molecule has 24 heavy (non-hydrogen) atoms. The van der Waals surface area contributed by atoms with Gasteiger partial charge < -0.3 is 20.1 Å². The van der Waals surface area contributed by atoms with E-state index in [1.165, 1.54) is 0 Å². The minimum absolute atomic E-state index is 0.321. The lowest BCUT2D eigenvalue weighted by atomic mass is 10.1. The zero-order chi connectivity index (χ0) is 16.9. The van der Waals surface area contributed by atoms with Gasteiger partial charge in [-0.25, -0.2) is 4.79 Å². The SMILES string of the molecule is O=C(NCCc1ccc2c(c1)OCCO2)Nc1cccc(Cl)c1Cl. The van der Waals surface area contributed by atoms with Gasteiger partial charge in [0.25, 0.3) is 0 Å². The minimum Gasteiger partial charge on any atom is -0.486 e. The molecule has 1 heterocycles. The summed E-state index contributed by atoms with van der Waals surface area (Å²) in [5.41, 5.74) is 1.53. The molecule has 0 radical (unpaired) electrons. The van der Waals surface area contributed by atoms with Crippen molar-refractivity contribution in [3.63, 3.8) is 0 Å². The predicted octanol–water partition coefficient (Wildman–Crippen LogP) is 4.13. The molecule has 2 amide bonds. The molecule has 0 aliphatic carbocycles. The molecule has 0 unspecified atom stereocenters. The fourth-order valence-corrected chi connectivity index (χ4v) is 2.68. The van der Waals surface area contributed by atoms with Crippen LogP contribution in [0.2, 0.25) is 10.0 Å². The maximum Gasteiger partial charge on any atom is 0.319 e. The maximum atomic E-state index is 11.9. The summed E-state index contributed by atoms with van der Waals surface area (Å²) in [5, 5.41) is 6.17.